The third-order valence-corrected chi connectivity index (χ3v) is 1.51. The maximum atomic E-state index is 4.16. The van der Waals surface area contributed by atoms with E-state index in [0.717, 1.165) is 11.4 Å². The molecular formula is C6H7N6-. The fourth-order valence-corrected chi connectivity index (χ4v) is 1.06. The van der Waals surface area contributed by atoms with Gasteiger partial charge < -0.3 is 0 Å². The highest BCUT2D eigenvalue weighted by Gasteiger charge is 1.98. The topological polar surface area (TPSA) is 70.6 Å². The number of rotatable bonds is 1. The van der Waals surface area contributed by atoms with Crippen LogP contribution in [0.2, 0.25) is 0 Å². The molecule has 0 N–H and O–H groups in total. The molecule has 0 saturated heterocycles. The van der Waals surface area contributed by atoms with Crippen LogP contribution in [0.3, 0.4) is 0 Å². The average Bonchev–Trinajstić information content (AvgIpc) is 2.58. The van der Waals surface area contributed by atoms with Gasteiger partial charge in [-0.15, -0.1) is 5.21 Å². The Morgan fingerprint density at radius 2 is 2.25 bits per heavy atom. The van der Waals surface area contributed by atoms with Gasteiger partial charge in [0.2, 0.25) is 0 Å². The van der Waals surface area contributed by atoms with Crippen LogP contribution in [0, 0.1) is 13.8 Å². The van der Waals surface area contributed by atoms with Crippen LogP contribution in [0.25, 0.3) is 5.95 Å². The fourth-order valence-electron chi connectivity index (χ4n) is 1.06. The molecule has 0 fully saturated rings. The zero-order chi connectivity index (χ0) is 8.55. The van der Waals surface area contributed by atoms with Crippen LogP contribution in [-0.2, 0) is 0 Å². The van der Waals surface area contributed by atoms with Gasteiger partial charge in [-0.2, -0.15) is 5.21 Å². The smallest absolute Gasteiger partial charge is 0.121 e. The molecule has 6 heteroatoms. The van der Waals surface area contributed by atoms with Crippen molar-refractivity contribution in [1.29, 1.82) is 0 Å². The van der Waals surface area contributed by atoms with E-state index >= 15 is 0 Å². The quantitative estimate of drug-likeness (QED) is 0.573. The number of aryl methyl sites for hydroxylation is 2. The first kappa shape index (κ1) is 6.96. The van der Waals surface area contributed by atoms with Gasteiger partial charge >= 0.3 is 0 Å². The molecule has 0 radical (unpaired) electrons. The summed E-state index contributed by atoms with van der Waals surface area (Å²) in [7, 11) is 0. The lowest BCUT2D eigenvalue weighted by molar-refractivity contribution is 0.772. The Morgan fingerprint density at radius 1 is 1.42 bits per heavy atom. The van der Waals surface area contributed by atoms with E-state index in [9.17, 15) is 0 Å². The summed E-state index contributed by atoms with van der Waals surface area (Å²) in [5.74, 6) is 0.417. The van der Waals surface area contributed by atoms with Gasteiger partial charge in [-0.05, 0) is 25.6 Å². The molecule has 0 bridgehead atoms. The molecule has 2 heterocycles. The Hall–Kier alpha value is -1.72. The van der Waals surface area contributed by atoms with Gasteiger partial charge in [0.1, 0.15) is 5.95 Å². The molecule has 0 saturated carbocycles. The van der Waals surface area contributed by atoms with E-state index in [4.69, 9.17) is 0 Å². The number of aromatic nitrogens is 6. The molecule has 0 unspecified atom stereocenters. The van der Waals surface area contributed by atoms with Crippen molar-refractivity contribution < 1.29 is 0 Å². The molecule has 0 aliphatic carbocycles. The van der Waals surface area contributed by atoms with Crippen molar-refractivity contribution in [2.75, 3.05) is 0 Å². The van der Waals surface area contributed by atoms with E-state index in [-0.39, 0.29) is 0 Å². The summed E-state index contributed by atoms with van der Waals surface area (Å²) >= 11 is 0. The lowest BCUT2D eigenvalue weighted by Crippen LogP contribution is -2.02. The minimum atomic E-state index is 0.417. The predicted octanol–water partition coefficient (Wildman–Crippen LogP) is -0.369. The zero-order valence-electron chi connectivity index (χ0n) is 6.76. The lowest BCUT2D eigenvalue weighted by atomic mass is 10.4. The Bertz CT molecular complexity index is 373. The molecule has 62 valence electrons. The van der Waals surface area contributed by atoms with Crippen LogP contribution in [-0.4, -0.2) is 25.3 Å². The van der Waals surface area contributed by atoms with Gasteiger partial charge in [0.15, 0.2) is 0 Å². The van der Waals surface area contributed by atoms with E-state index in [1.165, 1.54) is 0 Å². The van der Waals surface area contributed by atoms with Crippen molar-refractivity contribution in [2.24, 2.45) is 0 Å². The highest BCUT2D eigenvalue weighted by molar-refractivity contribution is 5.15. The van der Waals surface area contributed by atoms with Crippen LogP contribution in [0.5, 0.6) is 0 Å². The summed E-state index contributed by atoms with van der Waals surface area (Å²) in [6.45, 7) is 3.84. The van der Waals surface area contributed by atoms with Gasteiger partial charge in [0.05, 0.1) is 0 Å². The third-order valence-electron chi connectivity index (χ3n) is 1.51. The molecule has 6 nitrogen and oxygen atoms in total. The van der Waals surface area contributed by atoms with Gasteiger partial charge in [0, 0.05) is 5.69 Å². The van der Waals surface area contributed by atoms with E-state index in [1.54, 1.807) is 4.68 Å². The van der Waals surface area contributed by atoms with E-state index in [1.807, 2.05) is 19.9 Å². The molecule has 2 aromatic heterocycles. The van der Waals surface area contributed by atoms with Crippen LogP contribution >= 0.6 is 0 Å². The average molecular weight is 163 g/mol. The largest absolute Gasteiger partial charge is 0.275 e. The second kappa shape index (κ2) is 2.40. The summed E-state index contributed by atoms with van der Waals surface area (Å²) in [6.07, 6.45) is 0. The van der Waals surface area contributed by atoms with Crippen LogP contribution in [0.15, 0.2) is 6.07 Å². The molecule has 2 rings (SSSR count). The van der Waals surface area contributed by atoms with E-state index in [0.29, 0.717) is 5.95 Å². The van der Waals surface area contributed by atoms with Crippen molar-refractivity contribution in [1.82, 2.24) is 30.4 Å². The molecule has 0 aliphatic rings. The predicted molar refractivity (Wildman–Crippen MR) is 39.7 cm³/mol. The highest BCUT2D eigenvalue weighted by Crippen LogP contribution is 2.04. The number of nitrogens with zero attached hydrogens (tertiary/aromatic N) is 6. The molecular weight excluding hydrogens is 156 g/mol. The van der Waals surface area contributed by atoms with Crippen molar-refractivity contribution in [3.8, 4) is 5.95 Å². The van der Waals surface area contributed by atoms with Crippen molar-refractivity contribution in [2.45, 2.75) is 13.8 Å². The normalized spacial score (nSPS) is 10.5. The van der Waals surface area contributed by atoms with E-state index < -0.39 is 0 Å². The Kier molecular flexibility index (Phi) is 1.39. The first-order valence-corrected chi connectivity index (χ1v) is 3.50. The first-order valence-electron chi connectivity index (χ1n) is 3.50. The summed E-state index contributed by atoms with van der Waals surface area (Å²) in [5.41, 5.74) is 1.90. The van der Waals surface area contributed by atoms with Crippen LogP contribution in [0.1, 0.15) is 11.4 Å². The van der Waals surface area contributed by atoms with Gasteiger partial charge in [-0.1, -0.05) is 0 Å². The maximum Gasteiger partial charge on any atom is 0.121 e. The second-order valence-electron chi connectivity index (χ2n) is 2.52. The monoisotopic (exact) mass is 163 g/mol. The van der Waals surface area contributed by atoms with E-state index in [2.05, 4.69) is 25.7 Å². The second-order valence-corrected chi connectivity index (χ2v) is 2.52. The van der Waals surface area contributed by atoms with Crippen molar-refractivity contribution in [3.63, 3.8) is 0 Å². The molecule has 0 amide bonds. The summed E-state index contributed by atoms with van der Waals surface area (Å²) in [5, 5.41) is 18.3. The molecule has 2 aromatic rings. The molecule has 0 spiro atoms. The minimum Gasteiger partial charge on any atom is -0.275 e. The number of hydrogen-bond donors (Lipinski definition) is 0. The van der Waals surface area contributed by atoms with Gasteiger partial charge in [0.25, 0.3) is 0 Å². The lowest BCUT2D eigenvalue weighted by Gasteiger charge is -2.02. The summed E-state index contributed by atoms with van der Waals surface area (Å²) in [6, 6.07) is 1.94. The summed E-state index contributed by atoms with van der Waals surface area (Å²) < 4.78 is 1.61. The fraction of sp³-hybridized carbons (Fsp3) is 0.333. The molecule has 12 heavy (non-hydrogen) atoms. The van der Waals surface area contributed by atoms with Crippen LogP contribution < -0.4 is 5.10 Å². The maximum absolute atomic E-state index is 4.16. The Labute approximate surface area is 68.6 Å². The van der Waals surface area contributed by atoms with Crippen LogP contribution in [0.4, 0.5) is 0 Å². The minimum absolute atomic E-state index is 0.417. The first-order chi connectivity index (χ1) is 5.77. The van der Waals surface area contributed by atoms with Gasteiger partial charge in [-0.25, -0.2) is 10.2 Å². The number of tetrazole rings is 1. The molecule has 0 atom stereocenters. The molecule has 0 aliphatic heterocycles. The van der Waals surface area contributed by atoms with Crippen molar-refractivity contribution in [3.05, 3.63) is 17.5 Å². The number of hydrogen-bond acceptors (Lipinski definition) is 4. The van der Waals surface area contributed by atoms with Crippen molar-refractivity contribution >= 4 is 0 Å². The summed E-state index contributed by atoms with van der Waals surface area (Å²) in [4.78, 5) is 0. The van der Waals surface area contributed by atoms with Gasteiger partial charge in [-0.3, -0.25) is 9.78 Å². The zero-order valence-corrected chi connectivity index (χ0v) is 6.76. The Balaban J connectivity index is 2.54. The Morgan fingerprint density at radius 3 is 2.75 bits per heavy atom. The standard InChI is InChI=1S/C6H7N6/c1-4-3-5(2)12(9-4)6-7-10-11-8-6/h3H,1-2H3/q-1. The third kappa shape index (κ3) is 0.969. The highest BCUT2D eigenvalue weighted by atomic mass is 15.5. The molecule has 0 aromatic carbocycles. The SMILES string of the molecule is Cc1cc(C)n(-c2nnn[n-]2)n1.